The van der Waals surface area contributed by atoms with Crippen LogP contribution in [0.5, 0.6) is 0 Å². The van der Waals surface area contributed by atoms with E-state index in [0.717, 1.165) is 0 Å². The first-order valence-corrected chi connectivity index (χ1v) is 2.82. The maximum absolute atomic E-state index is 4.12. The van der Waals surface area contributed by atoms with Crippen molar-refractivity contribution in [2.45, 2.75) is 19.9 Å². The molecule has 0 aliphatic carbocycles. The Labute approximate surface area is 51.2 Å². The van der Waals surface area contributed by atoms with Crippen LogP contribution in [0.25, 0.3) is 0 Å². The average Bonchev–Trinajstić information content (AvgIpc) is 1.61. The van der Waals surface area contributed by atoms with Crippen molar-refractivity contribution >= 4 is 6.34 Å². The van der Waals surface area contributed by atoms with Gasteiger partial charge in [-0.15, -0.1) is 0 Å². The summed E-state index contributed by atoms with van der Waals surface area (Å²) in [6, 6.07) is 0.414. The van der Waals surface area contributed by atoms with Gasteiger partial charge in [0.25, 0.3) is 0 Å². The summed E-state index contributed by atoms with van der Waals surface area (Å²) in [4.78, 5) is 6.06. The first-order chi connectivity index (χ1) is 3.63. The fourth-order valence-electron chi connectivity index (χ4n) is 0.267. The van der Waals surface area contributed by atoms with Gasteiger partial charge in [-0.2, -0.15) is 0 Å². The molecule has 0 atom stereocenters. The van der Waals surface area contributed by atoms with Crippen LogP contribution < -0.4 is 0 Å². The van der Waals surface area contributed by atoms with Gasteiger partial charge in [0.2, 0.25) is 0 Å². The highest BCUT2D eigenvalue weighted by atomic mass is 15.1. The second kappa shape index (κ2) is 3.47. The molecule has 48 valence electrons. The molecule has 0 aromatic rings. The third kappa shape index (κ3) is 5.47. The zero-order valence-electron chi connectivity index (χ0n) is 6.05. The van der Waals surface area contributed by atoms with Crippen molar-refractivity contribution in [1.29, 1.82) is 0 Å². The second-order valence-corrected chi connectivity index (χ2v) is 2.32. The van der Waals surface area contributed by atoms with E-state index < -0.39 is 0 Å². The van der Waals surface area contributed by atoms with Crippen molar-refractivity contribution in [2.24, 2.45) is 4.99 Å². The van der Waals surface area contributed by atoms with E-state index in [2.05, 4.69) is 18.8 Å². The van der Waals surface area contributed by atoms with Crippen LogP contribution in [0.1, 0.15) is 13.8 Å². The fraction of sp³-hybridized carbons (Fsp3) is 0.833. The molecule has 0 unspecified atom stereocenters. The lowest BCUT2D eigenvalue weighted by atomic mass is 10.4. The van der Waals surface area contributed by atoms with Crippen molar-refractivity contribution in [3.05, 3.63) is 0 Å². The molecule has 0 rings (SSSR count). The molecule has 0 saturated heterocycles. The molecule has 0 radical (unpaired) electrons. The summed E-state index contributed by atoms with van der Waals surface area (Å²) in [6.45, 7) is 4.11. The largest absolute Gasteiger partial charge is 0.369 e. The molecule has 0 heterocycles. The molecule has 0 N–H and O–H groups in total. The van der Waals surface area contributed by atoms with Gasteiger partial charge in [-0.3, -0.25) is 4.99 Å². The van der Waals surface area contributed by atoms with E-state index in [1.807, 2.05) is 25.3 Å². The Morgan fingerprint density at radius 3 is 2.00 bits per heavy atom. The quantitative estimate of drug-likeness (QED) is 0.386. The maximum atomic E-state index is 4.12. The van der Waals surface area contributed by atoms with E-state index in [1.54, 1.807) is 0 Å². The predicted molar refractivity (Wildman–Crippen MR) is 37.3 cm³/mol. The molecule has 8 heavy (non-hydrogen) atoms. The summed E-state index contributed by atoms with van der Waals surface area (Å²) in [7, 11) is 3.93. The van der Waals surface area contributed by atoms with Crippen LogP contribution in [0.3, 0.4) is 0 Å². The van der Waals surface area contributed by atoms with Gasteiger partial charge in [-0.25, -0.2) is 0 Å². The molecule has 2 nitrogen and oxygen atoms in total. The third-order valence-electron chi connectivity index (χ3n) is 0.596. The van der Waals surface area contributed by atoms with E-state index in [4.69, 9.17) is 0 Å². The van der Waals surface area contributed by atoms with E-state index in [1.165, 1.54) is 0 Å². The van der Waals surface area contributed by atoms with Crippen LogP contribution in [0, 0.1) is 0 Å². The van der Waals surface area contributed by atoms with Crippen molar-refractivity contribution in [1.82, 2.24) is 4.90 Å². The second-order valence-electron chi connectivity index (χ2n) is 2.32. The lowest BCUT2D eigenvalue weighted by Crippen LogP contribution is -2.09. The molecule has 0 aliphatic rings. The van der Waals surface area contributed by atoms with Crippen molar-refractivity contribution in [3.8, 4) is 0 Å². The Hall–Kier alpha value is -0.530. The summed E-state index contributed by atoms with van der Waals surface area (Å²) in [5.41, 5.74) is 0. The predicted octanol–water partition coefficient (Wildman–Crippen LogP) is 0.985. The van der Waals surface area contributed by atoms with E-state index >= 15 is 0 Å². The Morgan fingerprint density at radius 2 is 1.88 bits per heavy atom. The van der Waals surface area contributed by atoms with Crippen LogP contribution in [0.2, 0.25) is 0 Å². The number of hydrogen-bond donors (Lipinski definition) is 0. The summed E-state index contributed by atoms with van der Waals surface area (Å²) in [5, 5.41) is 0. The Bertz CT molecular complexity index is 64.6. The van der Waals surface area contributed by atoms with Crippen LogP contribution in [0.15, 0.2) is 4.99 Å². The van der Waals surface area contributed by atoms with Gasteiger partial charge in [0.15, 0.2) is 0 Å². The molecule has 0 fully saturated rings. The smallest absolute Gasteiger partial charge is 0.0847 e. The third-order valence-corrected chi connectivity index (χ3v) is 0.596. The van der Waals surface area contributed by atoms with Crippen LogP contribution in [-0.2, 0) is 0 Å². The lowest BCUT2D eigenvalue weighted by molar-refractivity contribution is 0.632. The van der Waals surface area contributed by atoms with Crippen molar-refractivity contribution < 1.29 is 0 Å². The highest BCUT2D eigenvalue weighted by Gasteiger charge is 1.82. The lowest BCUT2D eigenvalue weighted by Gasteiger charge is -2.02. The fourth-order valence-corrected chi connectivity index (χ4v) is 0.267. The standard InChI is InChI=1S/C6H14N2/c1-6(2)7-5-8(3)4/h5-6H,1-4H3/b7-5-. The van der Waals surface area contributed by atoms with Gasteiger partial charge in [0, 0.05) is 20.1 Å². The molecule has 0 bridgehead atoms. The van der Waals surface area contributed by atoms with Gasteiger partial charge in [-0.05, 0) is 13.8 Å². The first-order valence-electron chi connectivity index (χ1n) is 2.82. The number of rotatable bonds is 2. The molecular formula is C6H14N2. The molecule has 0 saturated carbocycles. The topological polar surface area (TPSA) is 15.6 Å². The number of nitrogens with zero attached hydrogens (tertiary/aromatic N) is 2. The first kappa shape index (κ1) is 7.47. The molecule has 0 spiro atoms. The Balaban J connectivity index is 3.34. The van der Waals surface area contributed by atoms with E-state index in [-0.39, 0.29) is 0 Å². The summed E-state index contributed by atoms with van der Waals surface area (Å²) < 4.78 is 0. The van der Waals surface area contributed by atoms with Gasteiger partial charge >= 0.3 is 0 Å². The highest BCUT2D eigenvalue weighted by molar-refractivity contribution is 5.53. The molecule has 0 amide bonds. The SMILES string of the molecule is CC(C)/N=C\N(C)C. The number of hydrogen-bond acceptors (Lipinski definition) is 1. The van der Waals surface area contributed by atoms with Gasteiger partial charge in [0.1, 0.15) is 0 Å². The van der Waals surface area contributed by atoms with E-state index in [0.29, 0.717) is 6.04 Å². The Morgan fingerprint density at radius 1 is 1.38 bits per heavy atom. The number of aliphatic imine (C=N–C) groups is 1. The molecule has 0 aliphatic heterocycles. The zero-order chi connectivity index (χ0) is 6.57. The van der Waals surface area contributed by atoms with Gasteiger partial charge in [-0.1, -0.05) is 0 Å². The monoisotopic (exact) mass is 114 g/mol. The van der Waals surface area contributed by atoms with Crippen molar-refractivity contribution in [2.75, 3.05) is 14.1 Å². The van der Waals surface area contributed by atoms with Crippen molar-refractivity contribution in [3.63, 3.8) is 0 Å². The summed E-state index contributed by atoms with van der Waals surface area (Å²) >= 11 is 0. The zero-order valence-corrected chi connectivity index (χ0v) is 6.05. The van der Waals surface area contributed by atoms with E-state index in [9.17, 15) is 0 Å². The maximum Gasteiger partial charge on any atom is 0.0847 e. The minimum absolute atomic E-state index is 0.414. The molecule has 0 aromatic heterocycles. The van der Waals surface area contributed by atoms with Crippen LogP contribution >= 0.6 is 0 Å². The minimum Gasteiger partial charge on any atom is -0.369 e. The average molecular weight is 114 g/mol. The minimum atomic E-state index is 0.414. The molecule has 0 aromatic carbocycles. The Kier molecular flexibility index (Phi) is 3.24. The summed E-state index contributed by atoms with van der Waals surface area (Å²) in [6.07, 6.45) is 1.82. The normalized spacial score (nSPS) is 11.1. The molecule has 2 heteroatoms. The summed E-state index contributed by atoms with van der Waals surface area (Å²) in [5.74, 6) is 0. The highest BCUT2D eigenvalue weighted by Crippen LogP contribution is 1.82. The van der Waals surface area contributed by atoms with Gasteiger partial charge < -0.3 is 4.90 Å². The van der Waals surface area contributed by atoms with Crippen LogP contribution in [-0.4, -0.2) is 31.4 Å². The van der Waals surface area contributed by atoms with Crippen LogP contribution in [0.4, 0.5) is 0 Å². The molecular weight excluding hydrogens is 100 g/mol. The van der Waals surface area contributed by atoms with Gasteiger partial charge in [0.05, 0.1) is 6.34 Å².